The number of carbonyl (C=O) groups excluding carboxylic acids is 2. The Morgan fingerprint density at radius 1 is 1.10 bits per heavy atom. The molecule has 20 heavy (non-hydrogen) atoms. The summed E-state index contributed by atoms with van der Waals surface area (Å²) in [6.07, 6.45) is 9.64. The van der Waals surface area contributed by atoms with Gasteiger partial charge in [-0.3, -0.25) is 0 Å². The average Bonchev–Trinajstić information content (AvgIpc) is 2.88. The third-order valence-electron chi connectivity index (χ3n) is 2.51. The minimum Gasteiger partial charge on any atom is -0.346 e. The molecule has 0 unspecified atom stereocenters. The number of nitrogens with one attached hydrogen (secondary N) is 1. The molecule has 6 nitrogen and oxygen atoms in total. The van der Waals surface area contributed by atoms with Crippen molar-refractivity contribution in [1.82, 2.24) is 9.97 Å². The Morgan fingerprint density at radius 3 is 1.95 bits per heavy atom. The first kappa shape index (κ1) is 18.0. The van der Waals surface area contributed by atoms with E-state index in [0.717, 1.165) is 43.6 Å². The van der Waals surface area contributed by atoms with Gasteiger partial charge in [-0.05, 0) is 19.8 Å². The Morgan fingerprint density at radius 2 is 1.65 bits per heavy atom. The first-order chi connectivity index (χ1) is 9.74. The summed E-state index contributed by atoms with van der Waals surface area (Å²) in [6.45, 7) is 5.20. The summed E-state index contributed by atoms with van der Waals surface area (Å²) in [5.41, 5.74) is 1.14. The molecule has 1 N–H and O–H groups in total. The van der Waals surface area contributed by atoms with Crippen LogP contribution in [0, 0.1) is 6.92 Å². The summed E-state index contributed by atoms with van der Waals surface area (Å²) >= 11 is 0. The van der Waals surface area contributed by atoms with Crippen LogP contribution in [-0.4, -0.2) is 35.2 Å². The molecule has 0 aliphatic heterocycles. The van der Waals surface area contributed by atoms with Crippen molar-refractivity contribution in [2.45, 2.75) is 46.0 Å². The number of isocyanates is 2. The number of hydrogen-bond acceptors (Lipinski definition) is 5. The standard InChI is InChI=1S/C8H12N2O2.C6H10N2/c11-7-9-5-3-1-2-4-6-10-8-12;1-3-6-7-4-5(2)8-6/h1-6H2;4H,3H2,1-2H3,(H,7,8). The highest BCUT2D eigenvalue weighted by Gasteiger charge is 1.89. The van der Waals surface area contributed by atoms with Crippen LogP contribution < -0.4 is 0 Å². The van der Waals surface area contributed by atoms with Crippen LogP contribution >= 0.6 is 0 Å². The van der Waals surface area contributed by atoms with Crippen molar-refractivity contribution in [2.24, 2.45) is 9.98 Å². The molecule has 0 aliphatic rings. The molecule has 0 saturated carbocycles. The van der Waals surface area contributed by atoms with Gasteiger partial charge in [0, 0.05) is 18.3 Å². The van der Waals surface area contributed by atoms with Crippen LogP contribution in [0.5, 0.6) is 0 Å². The van der Waals surface area contributed by atoms with E-state index in [1.54, 1.807) is 0 Å². The first-order valence-electron chi connectivity index (χ1n) is 6.82. The van der Waals surface area contributed by atoms with Crippen molar-refractivity contribution >= 4 is 12.2 Å². The monoisotopic (exact) mass is 278 g/mol. The minimum atomic E-state index is 0.556. The van der Waals surface area contributed by atoms with Crippen molar-refractivity contribution < 1.29 is 9.59 Å². The number of H-pyrrole nitrogens is 1. The quantitative estimate of drug-likeness (QED) is 0.450. The fourth-order valence-electron chi connectivity index (χ4n) is 1.47. The fraction of sp³-hybridized carbons (Fsp3) is 0.643. The fourth-order valence-corrected chi connectivity index (χ4v) is 1.47. The van der Waals surface area contributed by atoms with Crippen molar-refractivity contribution in [3.8, 4) is 0 Å². The van der Waals surface area contributed by atoms with Crippen LogP contribution in [0.3, 0.4) is 0 Å². The van der Waals surface area contributed by atoms with Gasteiger partial charge in [0.2, 0.25) is 12.2 Å². The molecule has 0 spiro atoms. The lowest BCUT2D eigenvalue weighted by atomic mass is 10.2. The maximum absolute atomic E-state index is 9.63. The van der Waals surface area contributed by atoms with Crippen LogP contribution in [0.15, 0.2) is 16.2 Å². The summed E-state index contributed by atoms with van der Waals surface area (Å²) < 4.78 is 0. The lowest BCUT2D eigenvalue weighted by molar-refractivity contribution is 0.558. The Kier molecular flexibility index (Phi) is 12.0. The van der Waals surface area contributed by atoms with Crippen LogP contribution in [-0.2, 0) is 16.0 Å². The molecule has 1 aromatic rings. The summed E-state index contributed by atoms with van der Waals surface area (Å²) in [5, 5.41) is 0. The van der Waals surface area contributed by atoms with Gasteiger partial charge in [-0.2, -0.15) is 0 Å². The normalized spacial score (nSPS) is 8.90. The van der Waals surface area contributed by atoms with Gasteiger partial charge in [-0.25, -0.2) is 24.6 Å². The molecule has 6 heteroatoms. The van der Waals surface area contributed by atoms with Gasteiger partial charge in [0.15, 0.2) is 0 Å². The van der Waals surface area contributed by atoms with Crippen LogP contribution in [0.4, 0.5) is 0 Å². The molecular formula is C14H22N4O2. The number of aryl methyl sites for hydroxylation is 2. The highest BCUT2D eigenvalue weighted by Crippen LogP contribution is 1.99. The second-order valence-corrected chi connectivity index (χ2v) is 4.23. The average molecular weight is 278 g/mol. The Hall–Kier alpha value is -2.03. The van der Waals surface area contributed by atoms with Crippen molar-refractivity contribution in [2.75, 3.05) is 13.1 Å². The Labute approximate surface area is 119 Å². The summed E-state index contributed by atoms with van der Waals surface area (Å²) in [4.78, 5) is 33.3. The number of aromatic amines is 1. The zero-order valence-corrected chi connectivity index (χ0v) is 12.2. The van der Waals surface area contributed by atoms with Crippen molar-refractivity contribution in [3.05, 3.63) is 17.7 Å². The molecule has 0 saturated heterocycles. The third kappa shape index (κ3) is 11.1. The number of hydrogen-bond donors (Lipinski definition) is 1. The van der Waals surface area contributed by atoms with E-state index in [4.69, 9.17) is 0 Å². The molecule has 1 heterocycles. The number of imidazole rings is 1. The Balaban J connectivity index is 0.000000388. The SMILES string of the molecule is CCc1ncc(C)[nH]1.O=C=NCCCCCCN=C=O. The molecule has 0 aliphatic carbocycles. The lowest BCUT2D eigenvalue weighted by Gasteiger charge is -1.93. The molecule has 1 rings (SSSR count). The second kappa shape index (κ2) is 13.4. The highest BCUT2D eigenvalue weighted by atomic mass is 16.1. The summed E-state index contributed by atoms with van der Waals surface area (Å²) in [5.74, 6) is 1.07. The summed E-state index contributed by atoms with van der Waals surface area (Å²) in [6, 6.07) is 0. The van der Waals surface area contributed by atoms with E-state index in [1.807, 2.05) is 13.1 Å². The van der Waals surface area contributed by atoms with Crippen molar-refractivity contribution in [3.63, 3.8) is 0 Å². The number of unbranched alkanes of at least 4 members (excludes halogenated alkanes) is 3. The van der Waals surface area contributed by atoms with E-state index in [-0.39, 0.29) is 0 Å². The van der Waals surface area contributed by atoms with Gasteiger partial charge in [-0.1, -0.05) is 19.8 Å². The number of aromatic nitrogens is 2. The predicted molar refractivity (Wildman–Crippen MR) is 77.1 cm³/mol. The number of nitrogens with zero attached hydrogens (tertiary/aromatic N) is 3. The van der Waals surface area contributed by atoms with Gasteiger partial charge >= 0.3 is 0 Å². The smallest absolute Gasteiger partial charge is 0.234 e. The van der Waals surface area contributed by atoms with E-state index >= 15 is 0 Å². The molecule has 1 aromatic heterocycles. The van der Waals surface area contributed by atoms with Crippen molar-refractivity contribution in [1.29, 1.82) is 0 Å². The van der Waals surface area contributed by atoms with E-state index in [2.05, 4.69) is 26.9 Å². The van der Waals surface area contributed by atoms with Crippen LogP contribution in [0.2, 0.25) is 0 Å². The van der Waals surface area contributed by atoms with E-state index in [9.17, 15) is 9.59 Å². The number of aliphatic imine (C=N–C) groups is 2. The molecule has 0 radical (unpaired) electrons. The predicted octanol–water partition coefficient (Wildman–Crippen LogP) is 2.50. The van der Waals surface area contributed by atoms with Crippen LogP contribution in [0.1, 0.15) is 44.1 Å². The molecule has 110 valence electrons. The maximum Gasteiger partial charge on any atom is 0.234 e. The van der Waals surface area contributed by atoms with Gasteiger partial charge in [0.25, 0.3) is 0 Å². The van der Waals surface area contributed by atoms with E-state index in [1.165, 1.54) is 12.2 Å². The third-order valence-corrected chi connectivity index (χ3v) is 2.51. The molecule has 0 atom stereocenters. The molecule has 0 bridgehead atoms. The maximum atomic E-state index is 9.63. The number of rotatable bonds is 8. The summed E-state index contributed by atoms with van der Waals surface area (Å²) in [7, 11) is 0. The minimum absolute atomic E-state index is 0.556. The zero-order chi connectivity index (χ0) is 15.1. The van der Waals surface area contributed by atoms with Gasteiger partial charge in [0.05, 0.1) is 13.1 Å². The lowest BCUT2D eigenvalue weighted by Crippen LogP contribution is -1.84. The second-order valence-electron chi connectivity index (χ2n) is 4.23. The zero-order valence-electron chi connectivity index (χ0n) is 12.2. The largest absolute Gasteiger partial charge is 0.346 e. The van der Waals surface area contributed by atoms with Gasteiger partial charge in [-0.15, -0.1) is 0 Å². The molecule has 0 amide bonds. The van der Waals surface area contributed by atoms with E-state index < -0.39 is 0 Å². The van der Waals surface area contributed by atoms with Crippen LogP contribution in [0.25, 0.3) is 0 Å². The van der Waals surface area contributed by atoms with Gasteiger partial charge in [0.1, 0.15) is 5.82 Å². The van der Waals surface area contributed by atoms with E-state index in [0.29, 0.717) is 13.1 Å². The molecule has 0 aromatic carbocycles. The topological polar surface area (TPSA) is 87.5 Å². The first-order valence-corrected chi connectivity index (χ1v) is 6.82. The van der Waals surface area contributed by atoms with Gasteiger partial charge < -0.3 is 4.98 Å². The Bertz CT molecular complexity index is 422. The molecule has 0 fully saturated rings. The molecular weight excluding hydrogens is 256 g/mol. The highest BCUT2D eigenvalue weighted by molar-refractivity contribution is 5.32.